The van der Waals surface area contributed by atoms with Crippen molar-refractivity contribution < 1.29 is 0 Å². The van der Waals surface area contributed by atoms with E-state index in [2.05, 4.69) is 31.6 Å². The van der Waals surface area contributed by atoms with E-state index in [1.54, 1.807) is 24.8 Å². The van der Waals surface area contributed by atoms with Crippen molar-refractivity contribution in [3.63, 3.8) is 0 Å². The number of nitrogens with zero attached hydrogens (tertiary/aromatic N) is 4. The number of amidine groups is 1. The molecule has 0 N–H and O–H groups in total. The van der Waals surface area contributed by atoms with Crippen molar-refractivity contribution in [1.82, 2.24) is 9.97 Å². The van der Waals surface area contributed by atoms with Crippen molar-refractivity contribution in [2.45, 2.75) is 13.8 Å². The van der Waals surface area contributed by atoms with Gasteiger partial charge in [-0.2, -0.15) is 4.99 Å². The highest BCUT2D eigenvalue weighted by molar-refractivity contribution is 5.87. The van der Waals surface area contributed by atoms with Crippen molar-refractivity contribution in [1.29, 1.82) is 0 Å². The Bertz CT molecular complexity index is 407. The Balaban J connectivity index is 0.000000140. The van der Waals surface area contributed by atoms with E-state index >= 15 is 0 Å². The van der Waals surface area contributed by atoms with Crippen LogP contribution in [-0.4, -0.2) is 21.7 Å². The first-order chi connectivity index (χ1) is 6.79. The van der Waals surface area contributed by atoms with Crippen LogP contribution in [0.15, 0.2) is 40.5 Å². The van der Waals surface area contributed by atoms with Crippen molar-refractivity contribution >= 4 is 11.7 Å². The Hall–Kier alpha value is -2.02. The second-order valence-corrected chi connectivity index (χ2v) is 2.52. The zero-order valence-corrected chi connectivity index (χ0v) is 8.10. The Kier molecular flexibility index (Phi) is 4.02. The summed E-state index contributed by atoms with van der Waals surface area (Å²) in [4.78, 5) is 15.2. The summed E-state index contributed by atoms with van der Waals surface area (Å²) in [6.07, 6.45) is 6.60. The lowest BCUT2D eigenvalue weighted by Gasteiger charge is -1.81. The van der Waals surface area contributed by atoms with Crippen LogP contribution in [0.1, 0.15) is 12.6 Å². The zero-order valence-electron chi connectivity index (χ0n) is 8.10. The number of aromatic nitrogens is 2. The number of aliphatic imine (C=N–C) groups is 2. The lowest BCUT2D eigenvalue weighted by molar-refractivity contribution is 1.12. The van der Waals surface area contributed by atoms with Gasteiger partial charge in [0, 0.05) is 24.5 Å². The molecule has 0 atom stereocenters. The Morgan fingerprint density at radius 2 is 2.07 bits per heavy atom. The minimum absolute atomic E-state index is 0.735. The summed E-state index contributed by atoms with van der Waals surface area (Å²) < 4.78 is 0. The van der Waals surface area contributed by atoms with E-state index in [1.165, 1.54) is 0 Å². The van der Waals surface area contributed by atoms with Crippen LogP contribution in [0.5, 0.6) is 0 Å². The van der Waals surface area contributed by atoms with Crippen LogP contribution in [0.3, 0.4) is 0 Å². The molecule has 1 aromatic rings. The topological polar surface area (TPSA) is 50.5 Å². The predicted octanol–water partition coefficient (Wildman–Crippen LogP) is 1.54. The number of hydrogen-bond donors (Lipinski definition) is 0. The fourth-order valence-corrected chi connectivity index (χ4v) is 0.670. The summed E-state index contributed by atoms with van der Waals surface area (Å²) in [6.45, 7) is 3.72. The normalized spacial score (nSPS) is 11.7. The molecule has 2 rings (SSSR count). The fourth-order valence-electron chi connectivity index (χ4n) is 0.670. The molecule has 4 heteroatoms. The molecule has 0 bridgehead atoms. The van der Waals surface area contributed by atoms with E-state index in [-0.39, 0.29) is 0 Å². The molecule has 0 aromatic carbocycles. The lowest BCUT2D eigenvalue weighted by Crippen LogP contribution is -1.82. The molecule has 0 radical (unpaired) electrons. The van der Waals surface area contributed by atoms with Gasteiger partial charge in [-0.1, -0.05) is 0 Å². The fraction of sp³-hybridized carbons (Fsp3) is 0.200. The number of rotatable bonds is 0. The third-order valence-electron chi connectivity index (χ3n) is 1.29. The van der Waals surface area contributed by atoms with E-state index in [1.807, 2.05) is 13.8 Å². The Morgan fingerprint density at radius 1 is 1.21 bits per heavy atom. The largest absolute Gasteiger partial charge is 0.261 e. The second-order valence-electron chi connectivity index (χ2n) is 2.52. The average molecular weight is 186 g/mol. The summed E-state index contributed by atoms with van der Waals surface area (Å²) in [5.41, 5.74) is 3.55. The monoisotopic (exact) mass is 186 g/mol. The molecule has 0 unspecified atom stereocenters. The van der Waals surface area contributed by atoms with Crippen molar-refractivity contribution in [2.75, 3.05) is 0 Å². The Morgan fingerprint density at radius 3 is 2.36 bits per heavy atom. The summed E-state index contributed by atoms with van der Waals surface area (Å²) in [5.74, 6) is 3.26. The van der Waals surface area contributed by atoms with Crippen LogP contribution in [0.2, 0.25) is 0 Å². The first-order valence-electron chi connectivity index (χ1n) is 4.09. The molecule has 1 aliphatic heterocycles. The molecule has 4 nitrogen and oxygen atoms in total. The predicted molar refractivity (Wildman–Crippen MR) is 55.4 cm³/mol. The highest BCUT2D eigenvalue weighted by Crippen LogP contribution is 1.81. The third kappa shape index (κ3) is 4.12. The first-order valence-corrected chi connectivity index (χ1v) is 4.09. The van der Waals surface area contributed by atoms with Gasteiger partial charge in [-0.3, -0.25) is 9.97 Å². The van der Waals surface area contributed by atoms with Gasteiger partial charge in [0.05, 0.1) is 11.9 Å². The zero-order chi connectivity index (χ0) is 10.2. The molecule has 1 aliphatic rings. The maximum atomic E-state index is 3.92. The van der Waals surface area contributed by atoms with Crippen LogP contribution in [0.25, 0.3) is 0 Å². The van der Waals surface area contributed by atoms with Gasteiger partial charge in [0.2, 0.25) is 0 Å². The standard InChI is InChI=1S/C5H6N2.C5H4N2/c1-5-4-6-2-3-7-5;1-5-6-3-2-4-7-5/h2-4H,1H3;3H,1H3. The smallest absolute Gasteiger partial charge is 0.136 e. The van der Waals surface area contributed by atoms with Gasteiger partial charge in [0.25, 0.3) is 0 Å². The molecule has 0 fully saturated rings. The van der Waals surface area contributed by atoms with Crippen LogP contribution in [0.4, 0.5) is 0 Å². The van der Waals surface area contributed by atoms with Gasteiger partial charge in [0.1, 0.15) is 5.84 Å². The molecule has 0 saturated heterocycles. The number of hydrogen-bond acceptors (Lipinski definition) is 4. The highest BCUT2D eigenvalue weighted by Gasteiger charge is 1.78. The first kappa shape index (κ1) is 10.1. The Labute approximate surface area is 82.5 Å². The molecule has 0 amide bonds. The van der Waals surface area contributed by atoms with Crippen LogP contribution in [0, 0.1) is 6.92 Å². The van der Waals surface area contributed by atoms with Crippen LogP contribution >= 0.6 is 0 Å². The molecule has 1 aromatic heterocycles. The quantitative estimate of drug-likeness (QED) is 0.577. The van der Waals surface area contributed by atoms with Gasteiger partial charge >= 0.3 is 0 Å². The molecule has 0 aliphatic carbocycles. The van der Waals surface area contributed by atoms with Crippen molar-refractivity contribution in [3.8, 4) is 0 Å². The van der Waals surface area contributed by atoms with Gasteiger partial charge in [-0.15, -0.1) is 0 Å². The molecule has 2 heterocycles. The van der Waals surface area contributed by atoms with Gasteiger partial charge in [-0.25, -0.2) is 4.99 Å². The van der Waals surface area contributed by atoms with Crippen LogP contribution < -0.4 is 0 Å². The van der Waals surface area contributed by atoms with Gasteiger partial charge in [-0.05, 0) is 19.6 Å². The lowest BCUT2D eigenvalue weighted by atomic mass is 10.5. The van der Waals surface area contributed by atoms with E-state index in [4.69, 9.17) is 0 Å². The molecule has 0 spiro atoms. The second kappa shape index (κ2) is 5.60. The maximum Gasteiger partial charge on any atom is 0.136 e. The summed E-state index contributed by atoms with van der Waals surface area (Å²) in [5, 5.41) is 0. The number of aryl methyl sites for hydroxylation is 1. The molecule has 70 valence electrons. The summed E-state index contributed by atoms with van der Waals surface area (Å²) >= 11 is 0. The van der Waals surface area contributed by atoms with E-state index in [0.29, 0.717) is 0 Å². The SMILES string of the molecule is CC1=NC=C=C=N1.Cc1cnccn1. The average Bonchev–Trinajstić information content (AvgIpc) is 2.21. The minimum atomic E-state index is 0.735. The molecule has 0 saturated carbocycles. The van der Waals surface area contributed by atoms with E-state index < -0.39 is 0 Å². The minimum Gasteiger partial charge on any atom is -0.261 e. The molecular formula is C10H10N4. The third-order valence-corrected chi connectivity index (χ3v) is 1.29. The van der Waals surface area contributed by atoms with Gasteiger partial charge < -0.3 is 0 Å². The molecule has 14 heavy (non-hydrogen) atoms. The van der Waals surface area contributed by atoms with Gasteiger partial charge in [0.15, 0.2) is 0 Å². The van der Waals surface area contributed by atoms with Crippen molar-refractivity contribution in [2.24, 2.45) is 9.98 Å². The summed E-state index contributed by atoms with van der Waals surface area (Å²) in [7, 11) is 0. The van der Waals surface area contributed by atoms with Crippen LogP contribution in [-0.2, 0) is 0 Å². The maximum absolute atomic E-state index is 3.92. The van der Waals surface area contributed by atoms with E-state index in [9.17, 15) is 0 Å². The van der Waals surface area contributed by atoms with E-state index in [0.717, 1.165) is 11.5 Å². The molecular weight excluding hydrogens is 176 g/mol. The van der Waals surface area contributed by atoms with Crippen molar-refractivity contribution in [3.05, 3.63) is 36.2 Å². The highest BCUT2D eigenvalue weighted by atomic mass is 14.9. The summed E-state index contributed by atoms with van der Waals surface area (Å²) in [6, 6.07) is 0.